The second-order valence-corrected chi connectivity index (χ2v) is 11.1. The van der Waals surface area contributed by atoms with E-state index >= 15 is 0 Å². The molecule has 0 spiro atoms. The lowest BCUT2D eigenvalue weighted by Crippen LogP contribution is -2.04. The molecule has 3 heterocycles. The van der Waals surface area contributed by atoms with E-state index in [1.807, 2.05) is 44.6 Å². The SMILES string of the molecule is Cn1nccc1-c1ccc(S(C)(=O)=O)c(Nc2cc(-c3ccc4ccn(C)c4c3)c3nccnc3c2)c1. The summed E-state index contributed by atoms with van der Waals surface area (Å²) < 4.78 is 29.1. The first kappa shape index (κ1) is 22.9. The number of aryl methyl sites for hydroxylation is 2. The number of aromatic nitrogens is 5. The molecule has 8 nitrogen and oxygen atoms in total. The van der Waals surface area contributed by atoms with Gasteiger partial charge in [-0.3, -0.25) is 14.6 Å². The molecule has 184 valence electrons. The zero-order valence-electron chi connectivity index (χ0n) is 20.5. The standard InChI is InChI=1S/C28H24N6O2S/c1-33-13-9-18-4-5-19(15-26(18)33)22-16-21(17-24-28(22)30-12-11-29-24)32-23-14-20(25-8-10-31-34(25)2)6-7-27(23)37(3,35)36/h4-17,32H,1-3H3. The Balaban J connectivity index is 1.52. The van der Waals surface area contributed by atoms with Gasteiger partial charge in [0.1, 0.15) is 0 Å². The topological polar surface area (TPSA) is 94.7 Å². The van der Waals surface area contributed by atoms with Crippen molar-refractivity contribution in [3.8, 4) is 22.4 Å². The van der Waals surface area contributed by atoms with Crippen LogP contribution in [0.2, 0.25) is 0 Å². The molecule has 0 unspecified atom stereocenters. The largest absolute Gasteiger partial charge is 0.354 e. The minimum Gasteiger partial charge on any atom is -0.354 e. The number of rotatable bonds is 5. The lowest BCUT2D eigenvalue weighted by Gasteiger charge is -2.15. The van der Waals surface area contributed by atoms with Crippen molar-refractivity contribution in [3.63, 3.8) is 0 Å². The summed E-state index contributed by atoms with van der Waals surface area (Å²) in [7, 11) is 0.377. The first-order valence-corrected chi connectivity index (χ1v) is 13.6. The number of fused-ring (bicyclic) bond motifs is 2. The molecule has 1 N–H and O–H groups in total. The normalized spacial score (nSPS) is 11.9. The van der Waals surface area contributed by atoms with Crippen LogP contribution in [0.25, 0.3) is 44.3 Å². The van der Waals surface area contributed by atoms with Gasteiger partial charge in [0, 0.05) is 67.5 Å². The smallest absolute Gasteiger partial charge is 0.177 e. The minimum atomic E-state index is -3.49. The second-order valence-electron chi connectivity index (χ2n) is 9.10. The maximum atomic E-state index is 12.7. The number of sulfone groups is 1. The molecule has 0 radical (unpaired) electrons. The van der Waals surface area contributed by atoms with Crippen LogP contribution in [0.15, 0.2) is 90.3 Å². The Morgan fingerprint density at radius 2 is 1.65 bits per heavy atom. The number of anilines is 2. The van der Waals surface area contributed by atoms with Crippen LogP contribution in [-0.4, -0.2) is 39.0 Å². The summed E-state index contributed by atoms with van der Waals surface area (Å²) in [5.41, 5.74) is 7.41. The Hall–Kier alpha value is -4.50. The molecule has 0 saturated carbocycles. The molecule has 3 aromatic heterocycles. The summed E-state index contributed by atoms with van der Waals surface area (Å²) in [6.45, 7) is 0. The van der Waals surface area contributed by atoms with Gasteiger partial charge in [-0.25, -0.2) is 8.42 Å². The van der Waals surface area contributed by atoms with Gasteiger partial charge in [-0.1, -0.05) is 18.2 Å². The predicted octanol–water partition coefficient (Wildman–Crippen LogP) is 5.34. The summed E-state index contributed by atoms with van der Waals surface area (Å²) in [5, 5.41) is 8.76. The van der Waals surface area contributed by atoms with Crippen LogP contribution >= 0.6 is 0 Å². The lowest BCUT2D eigenvalue weighted by atomic mass is 10.0. The summed E-state index contributed by atoms with van der Waals surface area (Å²) in [6, 6.07) is 19.4. The van der Waals surface area contributed by atoms with Gasteiger partial charge in [-0.2, -0.15) is 5.10 Å². The van der Waals surface area contributed by atoms with Crippen molar-refractivity contribution in [2.75, 3.05) is 11.6 Å². The molecule has 0 saturated heterocycles. The van der Waals surface area contributed by atoms with Crippen LogP contribution in [-0.2, 0) is 23.9 Å². The number of hydrogen-bond acceptors (Lipinski definition) is 6. The summed E-state index contributed by atoms with van der Waals surface area (Å²) >= 11 is 0. The molecule has 0 amide bonds. The fourth-order valence-electron chi connectivity index (χ4n) is 4.72. The van der Waals surface area contributed by atoms with Crippen LogP contribution < -0.4 is 5.32 Å². The van der Waals surface area contributed by atoms with Gasteiger partial charge >= 0.3 is 0 Å². The fourth-order valence-corrected chi connectivity index (χ4v) is 5.54. The van der Waals surface area contributed by atoms with Gasteiger partial charge in [-0.15, -0.1) is 0 Å². The van der Waals surface area contributed by atoms with Gasteiger partial charge in [0.2, 0.25) is 0 Å². The molecule has 6 rings (SSSR count). The Morgan fingerprint density at radius 3 is 2.43 bits per heavy atom. The van der Waals surface area contributed by atoms with Crippen molar-refractivity contribution in [1.29, 1.82) is 0 Å². The average molecular weight is 509 g/mol. The van der Waals surface area contributed by atoms with Gasteiger partial charge < -0.3 is 9.88 Å². The van der Waals surface area contributed by atoms with Crippen LogP contribution in [0.4, 0.5) is 11.4 Å². The monoisotopic (exact) mass is 508 g/mol. The quantitative estimate of drug-likeness (QED) is 0.338. The highest BCUT2D eigenvalue weighted by atomic mass is 32.2. The van der Waals surface area contributed by atoms with Gasteiger partial charge in [-0.05, 0) is 53.4 Å². The number of hydrogen-bond donors (Lipinski definition) is 1. The third kappa shape index (κ3) is 4.13. The van der Waals surface area contributed by atoms with E-state index in [0.29, 0.717) is 16.9 Å². The Bertz CT molecular complexity index is 1920. The van der Waals surface area contributed by atoms with Crippen molar-refractivity contribution in [2.45, 2.75) is 4.90 Å². The van der Waals surface area contributed by atoms with Crippen molar-refractivity contribution in [1.82, 2.24) is 24.3 Å². The predicted molar refractivity (Wildman–Crippen MR) is 146 cm³/mol. The Labute approximate surface area is 214 Å². The fraction of sp³-hybridized carbons (Fsp3) is 0.107. The van der Waals surface area contributed by atoms with Crippen molar-refractivity contribution in [2.24, 2.45) is 14.1 Å². The maximum absolute atomic E-state index is 12.7. The summed E-state index contributed by atoms with van der Waals surface area (Å²) in [5.74, 6) is 0. The molecule has 0 bridgehead atoms. The van der Waals surface area contributed by atoms with Crippen LogP contribution in [0.5, 0.6) is 0 Å². The van der Waals surface area contributed by atoms with E-state index in [0.717, 1.165) is 38.8 Å². The van der Waals surface area contributed by atoms with Gasteiger partial charge in [0.15, 0.2) is 9.84 Å². The number of nitrogens with one attached hydrogen (secondary N) is 1. The molecule has 6 aromatic rings. The molecule has 37 heavy (non-hydrogen) atoms. The van der Waals surface area contributed by atoms with Crippen molar-refractivity contribution in [3.05, 3.63) is 85.5 Å². The van der Waals surface area contributed by atoms with Crippen LogP contribution in [0.1, 0.15) is 0 Å². The highest BCUT2D eigenvalue weighted by Crippen LogP contribution is 2.35. The molecule has 0 atom stereocenters. The molecular formula is C28H24N6O2S. The Morgan fingerprint density at radius 1 is 0.838 bits per heavy atom. The van der Waals surface area contributed by atoms with Crippen LogP contribution in [0, 0.1) is 0 Å². The average Bonchev–Trinajstić information content (AvgIpc) is 3.48. The van der Waals surface area contributed by atoms with E-state index in [9.17, 15) is 8.42 Å². The van der Waals surface area contributed by atoms with Crippen LogP contribution in [0.3, 0.4) is 0 Å². The first-order valence-electron chi connectivity index (χ1n) is 11.7. The number of nitrogens with zero attached hydrogens (tertiary/aromatic N) is 5. The molecular weight excluding hydrogens is 484 g/mol. The van der Waals surface area contributed by atoms with E-state index in [2.05, 4.69) is 49.2 Å². The molecule has 0 aliphatic carbocycles. The van der Waals surface area contributed by atoms with Gasteiger partial charge in [0.25, 0.3) is 0 Å². The minimum absolute atomic E-state index is 0.212. The zero-order valence-corrected chi connectivity index (χ0v) is 21.4. The van der Waals surface area contributed by atoms with E-state index in [4.69, 9.17) is 0 Å². The molecule has 3 aromatic carbocycles. The molecule has 0 aliphatic heterocycles. The molecule has 9 heteroatoms. The number of benzene rings is 3. The Kier molecular flexibility index (Phi) is 5.31. The maximum Gasteiger partial charge on any atom is 0.177 e. The van der Waals surface area contributed by atoms with Crippen molar-refractivity contribution < 1.29 is 8.42 Å². The first-order chi connectivity index (χ1) is 17.8. The summed E-state index contributed by atoms with van der Waals surface area (Å²) in [6.07, 6.45) is 8.29. The van der Waals surface area contributed by atoms with Crippen molar-refractivity contribution >= 4 is 43.1 Å². The molecule has 0 aliphatic rings. The van der Waals surface area contributed by atoms with Gasteiger partial charge in [0.05, 0.1) is 27.3 Å². The third-order valence-corrected chi connectivity index (χ3v) is 7.70. The lowest BCUT2D eigenvalue weighted by molar-refractivity contribution is 0.602. The second kappa shape index (κ2) is 8.56. The highest BCUT2D eigenvalue weighted by Gasteiger charge is 2.17. The van der Waals surface area contributed by atoms with E-state index in [-0.39, 0.29) is 4.90 Å². The van der Waals surface area contributed by atoms with E-state index in [1.54, 1.807) is 35.4 Å². The third-order valence-electron chi connectivity index (χ3n) is 6.55. The molecule has 0 fully saturated rings. The zero-order chi connectivity index (χ0) is 25.7. The van der Waals surface area contributed by atoms with E-state index < -0.39 is 9.84 Å². The summed E-state index contributed by atoms with van der Waals surface area (Å²) in [4.78, 5) is 9.36. The van der Waals surface area contributed by atoms with E-state index in [1.165, 1.54) is 6.26 Å². The highest BCUT2D eigenvalue weighted by molar-refractivity contribution is 7.90.